The van der Waals surface area contributed by atoms with Crippen LogP contribution >= 0.6 is 0 Å². The Morgan fingerprint density at radius 2 is 2.00 bits per heavy atom. The minimum absolute atomic E-state index is 0.000856. The van der Waals surface area contributed by atoms with Gasteiger partial charge >= 0.3 is 0 Å². The molecule has 1 aliphatic heterocycles. The zero-order valence-corrected chi connectivity index (χ0v) is 13.1. The lowest BCUT2D eigenvalue weighted by molar-refractivity contribution is -0.119. The van der Waals surface area contributed by atoms with E-state index < -0.39 is 9.84 Å². The summed E-state index contributed by atoms with van der Waals surface area (Å²) in [4.78, 5) is 11.9. The summed E-state index contributed by atoms with van der Waals surface area (Å²) in [5.41, 5.74) is 0. The SMILES string of the molecule is CC(CC(=O)CCS(=O)(=O)C(C)C)C1CCCNC1. The van der Waals surface area contributed by atoms with Crippen LogP contribution in [0.3, 0.4) is 0 Å². The van der Waals surface area contributed by atoms with Crippen molar-refractivity contribution in [2.75, 3.05) is 18.8 Å². The number of sulfone groups is 1. The molecule has 1 fully saturated rings. The maximum Gasteiger partial charge on any atom is 0.153 e. The second-order valence-corrected chi connectivity index (χ2v) is 8.67. The average Bonchev–Trinajstić information content (AvgIpc) is 2.37. The van der Waals surface area contributed by atoms with Crippen LogP contribution in [0.15, 0.2) is 0 Å². The molecule has 0 aromatic heterocycles. The summed E-state index contributed by atoms with van der Waals surface area (Å²) in [6.45, 7) is 7.49. The molecule has 0 spiro atoms. The van der Waals surface area contributed by atoms with Crippen LogP contribution in [0.2, 0.25) is 0 Å². The van der Waals surface area contributed by atoms with Gasteiger partial charge in [-0.1, -0.05) is 6.92 Å². The summed E-state index contributed by atoms with van der Waals surface area (Å²) in [5, 5.41) is 2.96. The number of nitrogens with one attached hydrogen (secondary N) is 1. The van der Waals surface area contributed by atoms with E-state index >= 15 is 0 Å². The zero-order chi connectivity index (χ0) is 14.5. The molecule has 0 aromatic carbocycles. The van der Waals surface area contributed by atoms with Crippen LogP contribution in [0.1, 0.15) is 46.5 Å². The summed E-state index contributed by atoms with van der Waals surface area (Å²) in [6, 6.07) is 0. The Labute approximate surface area is 117 Å². The van der Waals surface area contributed by atoms with Crippen molar-refractivity contribution in [1.82, 2.24) is 5.32 Å². The first-order valence-corrected chi connectivity index (χ1v) is 8.98. The molecule has 0 aliphatic carbocycles. The average molecular weight is 289 g/mol. The van der Waals surface area contributed by atoms with Crippen molar-refractivity contribution in [3.63, 3.8) is 0 Å². The number of rotatable bonds is 7. The standard InChI is InChI=1S/C14H27NO3S/c1-11(2)19(17,18)8-6-14(16)9-12(3)13-5-4-7-15-10-13/h11-13,15H,4-10H2,1-3H3. The minimum atomic E-state index is -3.09. The highest BCUT2D eigenvalue weighted by Crippen LogP contribution is 2.23. The normalized spacial score (nSPS) is 22.4. The van der Waals surface area contributed by atoms with E-state index in [1.807, 2.05) is 0 Å². The van der Waals surface area contributed by atoms with Crippen LogP contribution in [-0.2, 0) is 14.6 Å². The van der Waals surface area contributed by atoms with E-state index in [0.717, 1.165) is 13.1 Å². The number of hydrogen-bond donors (Lipinski definition) is 1. The van der Waals surface area contributed by atoms with Crippen molar-refractivity contribution in [2.45, 2.75) is 51.7 Å². The molecule has 1 rings (SSSR count). The van der Waals surface area contributed by atoms with E-state index in [4.69, 9.17) is 0 Å². The molecule has 0 saturated carbocycles. The van der Waals surface area contributed by atoms with Crippen molar-refractivity contribution < 1.29 is 13.2 Å². The smallest absolute Gasteiger partial charge is 0.153 e. The Morgan fingerprint density at radius 3 is 2.53 bits per heavy atom. The Kier molecular flexibility index (Phi) is 6.47. The molecule has 2 unspecified atom stereocenters. The summed E-state index contributed by atoms with van der Waals surface area (Å²) in [5.74, 6) is 0.989. The van der Waals surface area contributed by atoms with Crippen molar-refractivity contribution >= 4 is 15.6 Å². The predicted octanol–water partition coefficient (Wildman–Crippen LogP) is 1.79. The number of carbonyl (C=O) groups excluding carboxylic acids is 1. The lowest BCUT2D eigenvalue weighted by atomic mass is 9.84. The van der Waals surface area contributed by atoms with Crippen molar-refractivity contribution in [1.29, 1.82) is 0 Å². The van der Waals surface area contributed by atoms with E-state index in [1.54, 1.807) is 13.8 Å². The molecule has 0 bridgehead atoms. The predicted molar refractivity (Wildman–Crippen MR) is 77.9 cm³/mol. The number of Topliss-reactive ketones (excluding diaryl/α,β-unsaturated/α-hetero) is 1. The lowest BCUT2D eigenvalue weighted by Crippen LogP contribution is -2.34. The number of carbonyl (C=O) groups is 1. The summed E-state index contributed by atoms with van der Waals surface area (Å²) >= 11 is 0. The summed E-state index contributed by atoms with van der Waals surface area (Å²) in [6.07, 6.45) is 3.03. The molecule has 0 aromatic rings. The second-order valence-electron chi connectivity index (χ2n) is 5.99. The molecule has 0 amide bonds. The highest BCUT2D eigenvalue weighted by molar-refractivity contribution is 7.91. The van der Waals surface area contributed by atoms with Gasteiger partial charge in [0.05, 0.1) is 11.0 Å². The van der Waals surface area contributed by atoms with E-state index in [-0.39, 0.29) is 23.2 Å². The Hall–Kier alpha value is -0.420. The van der Waals surface area contributed by atoms with E-state index in [2.05, 4.69) is 12.2 Å². The molecule has 1 aliphatic rings. The molecule has 1 saturated heterocycles. The minimum Gasteiger partial charge on any atom is -0.316 e. The first-order chi connectivity index (χ1) is 8.83. The quantitative estimate of drug-likeness (QED) is 0.776. The van der Waals surface area contributed by atoms with Gasteiger partial charge in [0, 0.05) is 12.8 Å². The Balaban J connectivity index is 2.34. The molecular formula is C14H27NO3S. The van der Waals surface area contributed by atoms with Gasteiger partial charge in [-0.15, -0.1) is 0 Å². The van der Waals surface area contributed by atoms with Crippen LogP contribution in [0.4, 0.5) is 0 Å². The van der Waals surface area contributed by atoms with Gasteiger partial charge in [0.15, 0.2) is 9.84 Å². The fourth-order valence-corrected chi connectivity index (χ4v) is 3.47. The highest BCUT2D eigenvalue weighted by Gasteiger charge is 2.23. The van der Waals surface area contributed by atoms with Crippen molar-refractivity contribution in [2.24, 2.45) is 11.8 Å². The first kappa shape index (κ1) is 16.6. The molecule has 4 nitrogen and oxygen atoms in total. The number of hydrogen-bond acceptors (Lipinski definition) is 4. The molecule has 1 N–H and O–H groups in total. The molecule has 0 radical (unpaired) electrons. The molecular weight excluding hydrogens is 262 g/mol. The van der Waals surface area contributed by atoms with Gasteiger partial charge in [0.25, 0.3) is 0 Å². The molecule has 5 heteroatoms. The van der Waals surface area contributed by atoms with Crippen LogP contribution in [-0.4, -0.2) is 38.3 Å². The second kappa shape index (κ2) is 7.39. The Bertz CT molecular complexity index is 383. The van der Waals surface area contributed by atoms with Crippen LogP contribution in [0.5, 0.6) is 0 Å². The zero-order valence-electron chi connectivity index (χ0n) is 12.3. The van der Waals surface area contributed by atoms with Gasteiger partial charge in [0.1, 0.15) is 5.78 Å². The summed E-state index contributed by atoms with van der Waals surface area (Å²) in [7, 11) is -3.09. The summed E-state index contributed by atoms with van der Waals surface area (Å²) < 4.78 is 23.3. The number of ketones is 1. The number of piperidine rings is 1. The monoisotopic (exact) mass is 289 g/mol. The molecule has 112 valence electrons. The highest BCUT2D eigenvalue weighted by atomic mass is 32.2. The first-order valence-electron chi connectivity index (χ1n) is 7.27. The third kappa shape index (κ3) is 5.61. The van der Waals surface area contributed by atoms with Gasteiger partial charge < -0.3 is 5.32 Å². The van der Waals surface area contributed by atoms with Crippen molar-refractivity contribution in [3.8, 4) is 0 Å². The van der Waals surface area contributed by atoms with Crippen molar-refractivity contribution in [3.05, 3.63) is 0 Å². The van der Waals surface area contributed by atoms with E-state index in [1.165, 1.54) is 12.8 Å². The third-order valence-electron chi connectivity index (χ3n) is 4.07. The van der Waals surface area contributed by atoms with Gasteiger partial charge in [-0.2, -0.15) is 0 Å². The Morgan fingerprint density at radius 1 is 1.32 bits per heavy atom. The van der Waals surface area contributed by atoms with Gasteiger partial charge in [-0.05, 0) is 51.6 Å². The maximum atomic E-state index is 11.9. The third-order valence-corrected chi connectivity index (χ3v) is 6.28. The van der Waals surface area contributed by atoms with Gasteiger partial charge in [0.2, 0.25) is 0 Å². The van der Waals surface area contributed by atoms with E-state index in [9.17, 15) is 13.2 Å². The largest absolute Gasteiger partial charge is 0.316 e. The van der Waals surface area contributed by atoms with Crippen LogP contribution in [0, 0.1) is 11.8 Å². The maximum absolute atomic E-state index is 11.9. The van der Waals surface area contributed by atoms with Crippen LogP contribution < -0.4 is 5.32 Å². The molecule has 2 atom stereocenters. The molecule has 19 heavy (non-hydrogen) atoms. The lowest BCUT2D eigenvalue weighted by Gasteiger charge is -2.28. The van der Waals surface area contributed by atoms with Crippen LogP contribution in [0.25, 0.3) is 0 Å². The van der Waals surface area contributed by atoms with Gasteiger partial charge in [-0.3, -0.25) is 4.79 Å². The van der Waals surface area contributed by atoms with E-state index in [0.29, 0.717) is 18.3 Å². The topological polar surface area (TPSA) is 63.2 Å². The molecule has 1 heterocycles. The van der Waals surface area contributed by atoms with Gasteiger partial charge in [-0.25, -0.2) is 8.42 Å². The fourth-order valence-electron chi connectivity index (χ4n) is 2.48. The fraction of sp³-hybridized carbons (Fsp3) is 0.929.